The van der Waals surface area contributed by atoms with Crippen LogP contribution in [0.5, 0.6) is 0 Å². The van der Waals surface area contributed by atoms with Crippen LogP contribution in [0.15, 0.2) is 0 Å². The maximum Gasteiger partial charge on any atom is 0.230 e. The third-order valence-corrected chi connectivity index (χ3v) is 3.93. The Morgan fingerprint density at radius 3 is 1.86 bits per heavy atom. The number of carbonyl (C=O) groups excluding carboxylic acids is 2. The predicted molar refractivity (Wildman–Crippen MR) is 43.7 cm³/mol. The number of nitrogens with one attached hydrogen (secondary N) is 1. The minimum Gasteiger partial charge on any atom is -0.390 e. The molecule has 1 saturated heterocycles. The van der Waals surface area contributed by atoms with Crippen molar-refractivity contribution in [3.05, 3.63) is 0 Å². The van der Waals surface area contributed by atoms with Crippen molar-refractivity contribution in [1.82, 2.24) is 5.32 Å². The highest BCUT2D eigenvalue weighted by Gasteiger charge is 2.64. The first-order valence-corrected chi connectivity index (χ1v) is 4.82. The number of fused-ring (bicyclic) bond motifs is 5. The molecule has 4 unspecified atom stereocenters. The van der Waals surface area contributed by atoms with Crippen LogP contribution < -0.4 is 5.32 Å². The molecule has 0 aromatic rings. The van der Waals surface area contributed by atoms with Crippen LogP contribution in [-0.4, -0.2) is 34.2 Å². The third-order valence-electron chi connectivity index (χ3n) is 3.93. The number of hydrogen-bond acceptors (Lipinski definition) is 4. The number of carbonyl (C=O) groups is 2. The molecule has 5 heteroatoms. The second-order valence-electron chi connectivity index (χ2n) is 4.45. The Kier molecular flexibility index (Phi) is 1.41. The van der Waals surface area contributed by atoms with E-state index in [1.165, 1.54) is 0 Å². The molecule has 3 fully saturated rings. The fraction of sp³-hybridized carbons (Fsp3) is 0.778. The van der Waals surface area contributed by atoms with Gasteiger partial charge in [0.25, 0.3) is 0 Å². The summed E-state index contributed by atoms with van der Waals surface area (Å²) in [5, 5.41) is 21.5. The highest BCUT2D eigenvalue weighted by Crippen LogP contribution is 2.54. The van der Waals surface area contributed by atoms with E-state index < -0.39 is 24.0 Å². The zero-order valence-corrected chi connectivity index (χ0v) is 7.38. The SMILES string of the molecule is O=C1NC(=O)C2C1C1CC2[C@H](O)[C@@H]1O. The number of aliphatic hydroxyl groups is 2. The Bertz CT molecular complexity index is 299. The lowest BCUT2D eigenvalue weighted by molar-refractivity contribution is -0.129. The predicted octanol–water partition coefficient (Wildman–Crippen LogP) is -1.75. The lowest BCUT2D eigenvalue weighted by Gasteiger charge is -2.29. The normalized spacial score (nSPS) is 55.0. The molecule has 76 valence electrons. The summed E-state index contributed by atoms with van der Waals surface area (Å²) in [4.78, 5) is 22.8. The first-order valence-electron chi connectivity index (χ1n) is 4.82. The summed E-state index contributed by atoms with van der Waals surface area (Å²) >= 11 is 0. The standard InChI is InChI=1S/C9H11NO4/c11-6-2-1-3(7(6)12)5-4(2)8(13)10-9(5)14/h2-7,11-12H,1H2,(H,10,13,14)/t2?,3?,4?,5?,6-,7+. The molecule has 3 aliphatic rings. The van der Waals surface area contributed by atoms with E-state index in [0.717, 1.165) is 0 Å². The van der Waals surface area contributed by atoms with Crippen LogP contribution in [0.25, 0.3) is 0 Å². The Morgan fingerprint density at radius 1 is 1.00 bits per heavy atom. The average Bonchev–Trinajstić information content (AvgIpc) is 2.71. The number of imide groups is 1. The van der Waals surface area contributed by atoms with Crippen molar-refractivity contribution in [2.45, 2.75) is 18.6 Å². The molecule has 6 atom stereocenters. The summed E-state index contributed by atoms with van der Waals surface area (Å²) in [5.41, 5.74) is 0. The van der Waals surface area contributed by atoms with Crippen molar-refractivity contribution in [2.24, 2.45) is 23.7 Å². The molecule has 3 N–H and O–H groups in total. The highest BCUT2D eigenvalue weighted by molar-refractivity contribution is 6.06. The van der Waals surface area contributed by atoms with Gasteiger partial charge in [-0.3, -0.25) is 14.9 Å². The molecule has 0 radical (unpaired) electrons. The van der Waals surface area contributed by atoms with E-state index in [1.807, 2.05) is 0 Å². The van der Waals surface area contributed by atoms with Gasteiger partial charge < -0.3 is 10.2 Å². The van der Waals surface area contributed by atoms with Gasteiger partial charge in [0, 0.05) is 11.8 Å². The monoisotopic (exact) mass is 197 g/mol. The Balaban J connectivity index is 2.01. The van der Waals surface area contributed by atoms with E-state index in [4.69, 9.17) is 0 Å². The van der Waals surface area contributed by atoms with Crippen molar-refractivity contribution in [3.63, 3.8) is 0 Å². The number of aliphatic hydroxyl groups excluding tert-OH is 2. The fourth-order valence-corrected chi connectivity index (χ4v) is 3.35. The minimum atomic E-state index is -0.835. The van der Waals surface area contributed by atoms with E-state index in [1.54, 1.807) is 0 Å². The molecule has 2 saturated carbocycles. The van der Waals surface area contributed by atoms with Gasteiger partial charge in [0.1, 0.15) is 0 Å². The maximum atomic E-state index is 11.4. The molecule has 3 rings (SSSR count). The molecule has 14 heavy (non-hydrogen) atoms. The van der Waals surface area contributed by atoms with Gasteiger partial charge in [-0.25, -0.2) is 0 Å². The van der Waals surface area contributed by atoms with Crippen LogP contribution >= 0.6 is 0 Å². The molecule has 2 amide bonds. The highest BCUT2D eigenvalue weighted by atomic mass is 16.3. The molecular formula is C9H11NO4. The number of rotatable bonds is 0. The van der Waals surface area contributed by atoms with E-state index in [-0.39, 0.29) is 23.7 Å². The van der Waals surface area contributed by atoms with Crippen LogP contribution in [0.1, 0.15) is 6.42 Å². The van der Waals surface area contributed by atoms with E-state index in [2.05, 4.69) is 5.32 Å². The van der Waals surface area contributed by atoms with E-state index in [0.29, 0.717) is 6.42 Å². The minimum absolute atomic E-state index is 0.230. The first-order chi connectivity index (χ1) is 6.61. The zero-order chi connectivity index (χ0) is 10.0. The summed E-state index contributed by atoms with van der Waals surface area (Å²) in [7, 11) is 0. The van der Waals surface area contributed by atoms with Crippen molar-refractivity contribution in [1.29, 1.82) is 0 Å². The van der Waals surface area contributed by atoms with Gasteiger partial charge in [0.15, 0.2) is 0 Å². The summed E-state index contributed by atoms with van der Waals surface area (Å²) in [6, 6.07) is 0. The number of amides is 2. The average molecular weight is 197 g/mol. The maximum absolute atomic E-state index is 11.4. The lowest BCUT2D eigenvalue weighted by Crippen LogP contribution is -2.43. The first kappa shape index (κ1) is 8.38. The molecule has 0 aromatic carbocycles. The van der Waals surface area contributed by atoms with Gasteiger partial charge in [-0.15, -0.1) is 0 Å². The van der Waals surface area contributed by atoms with Crippen molar-refractivity contribution in [3.8, 4) is 0 Å². The second-order valence-corrected chi connectivity index (χ2v) is 4.45. The second kappa shape index (κ2) is 2.35. The largest absolute Gasteiger partial charge is 0.390 e. The molecule has 2 aliphatic carbocycles. The van der Waals surface area contributed by atoms with Crippen LogP contribution in [0.4, 0.5) is 0 Å². The zero-order valence-electron chi connectivity index (χ0n) is 7.38. The molecule has 1 heterocycles. The van der Waals surface area contributed by atoms with E-state index >= 15 is 0 Å². The topological polar surface area (TPSA) is 86.6 Å². The third kappa shape index (κ3) is 0.734. The number of hydrogen-bond donors (Lipinski definition) is 3. The summed E-state index contributed by atoms with van der Waals surface area (Å²) in [5.74, 6) is -1.81. The Hall–Kier alpha value is -0.940. The smallest absolute Gasteiger partial charge is 0.230 e. The van der Waals surface area contributed by atoms with Gasteiger partial charge >= 0.3 is 0 Å². The van der Waals surface area contributed by atoms with Gasteiger partial charge in [-0.1, -0.05) is 0 Å². The van der Waals surface area contributed by atoms with E-state index in [9.17, 15) is 19.8 Å². The van der Waals surface area contributed by atoms with Crippen molar-refractivity contribution >= 4 is 11.8 Å². The molecular weight excluding hydrogens is 186 g/mol. The molecule has 2 bridgehead atoms. The quantitative estimate of drug-likeness (QED) is 0.402. The van der Waals surface area contributed by atoms with Gasteiger partial charge in [-0.05, 0) is 6.42 Å². The van der Waals surface area contributed by atoms with Gasteiger partial charge in [0.05, 0.1) is 24.0 Å². The molecule has 0 aromatic heterocycles. The van der Waals surface area contributed by atoms with Crippen LogP contribution in [0.3, 0.4) is 0 Å². The van der Waals surface area contributed by atoms with Crippen molar-refractivity contribution in [2.75, 3.05) is 0 Å². The van der Waals surface area contributed by atoms with Crippen LogP contribution in [-0.2, 0) is 9.59 Å². The molecule has 0 spiro atoms. The van der Waals surface area contributed by atoms with Gasteiger partial charge in [-0.2, -0.15) is 0 Å². The Morgan fingerprint density at radius 2 is 1.43 bits per heavy atom. The summed E-state index contributed by atoms with van der Waals surface area (Å²) < 4.78 is 0. The Labute approximate surface area is 80.1 Å². The van der Waals surface area contributed by atoms with Crippen LogP contribution in [0.2, 0.25) is 0 Å². The molecule has 1 aliphatic heterocycles. The lowest BCUT2D eigenvalue weighted by atomic mass is 9.78. The van der Waals surface area contributed by atoms with Crippen LogP contribution in [0, 0.1) is 23.7 Å². The fourth-order valence-electron chi connectivity index (χ4n) is 3.35. The summed E-state index contributed by atoms with van der Waals surface area (Å²) in [6.45, 7) is 0. The summed E-state index contributed by atoms with van der Waals surface area (Å²) in [6.07, 6.45) is -1.08. The van der Waals surface area contributed by atoms with Crippen molar-refractivity contribution < 1.29 is 19.8 Å². The van der Waals surface area contributed by atoms with Gasteiger partial charge in [0.2, 0.25) is 11.8 Å². The molecule has 5 nitrogen and oxygen atoms in total.